The molecule has 1 fully saturated rings. The quantitative estimate of drug-likeness (QED) is 0.705. The third-order valence-corrected chi connectivity index (χ3v) is 7.51. The Bertz CT molecular complexity index is 1080. The maximum absolute atomic E-state index is 11.8. The molecule has 0 spiro atoms. The van der Waals surface area contributed by atoms with Gasteiger partial charge in [0.25, 0.3) is 0 Å². The molecule has 25 heavy (non-hydrogen) atoms. The zero-order valence-corrected chi connectivity index (χ0v) is 15.8. The number of aryl methyl sites for hydroxylation is 1. The first kappa shape index (κ1) is 16.5. The van der Waals surface area contributed by atoms with E-state index >= 15 is 0 Å². The van der Waals surface area contributed by atoms with Gasteiger partial charge in [-0.05, 0) is 50.1 Å². The minimum absolute atomic E-state index is 0.155. The highest BCUT2D eigenvalue weighted by Gasteiger charge is 2.40. The van der Waals surface area contributed by atoms with Crippen LogP contribution in [0.4, 0.5) is 0 Å². The number of hydrogen-bond acceptors (Lipinski definition) is 5. The van der Waals surface area contributed by atoms with Gasteiger partial charge in [-0.3, -0.25) is 4.68 Å². The van der Waals surface area contributed by atoms with Crippen LogP contribution in [0, 0.1) is 6.92 Å². The van der Waals surface area contributed by atoms with E-state index in [1.165, 1.54) is 10.3 Å². The van der Waals surface area contributed by atoms with Crippen molar-refractivity contribution < 1.29 is 8.42 Å². The molecule has 1 saturated heterocycles. The van der Waals surface area contributed by atoms with Crippen molar-refractivity contribution >= 4 is 43.5 Å². The van der Waals surface area contributed by atoms with E-state index in [9.17, 15) is 8.42 Å². The summed E-state index contributed by atoms with van der Waals surface area (Å²) in [5.41, 5.74) is 2.72. The van der Waals surface area contributed by atoms with Crippen LogP contribution in [0.25, 0.3) is 22.4 Å². The Morgan fingerprint density at radius 3 is 2.92 bits per heavy atom. The molecule has 7 heteroatoms. The van der Waals surface area contributed by atoms with Gasteiger partial charge < -0.3 is 0 Å². The van der Waals surface area contributed by atoms with Crippen molar-refractivity contribution in [1.29, 1.82) is 0 Å². The molecule has 0 bridgehead atoms. The average molecular weight is 374 g/mol. The molecule has 1 atom stereocenters. The number of benzene rings is 1. The molecule has 1 aliphatic rings. The molecule has 0 saturated carbocycles. The van der Waals surface area contributed by atoms with E-state index in [1.807, 2.05) is 25.3 Å². The van der Waals surface area contributed by atoms with E-state index in [1.54, 1.807) is 22.2 Å². The summed E-state index contributed by atoms with van der Waals surface area (Å²) >= 11 is 1.65. The highest BCUT2D eigenvalue weighted by Crippen LogP contribution is 2.30. The van der Waals surface area contributed by atoms with E-state index in [2.05, 4.69) is 35.2 Å². The Balaban J connectivity index is 1.57. The summed E-state index contributed by atoms with van der Waals surface area (Å²) in [6.45, 7) is 4.01. The van der Waals surface area contributed by atoms with Gasteiger partial charge in [-0.2, -0.15) is 5.10 Å². The normalized spacial score (nSPS) is 23.0. The lowest BCUT2D eigenvalue weighted by Crippen LogP contribution is -2.31. The van der Waals surface area contributed by atoms with Crippen LogP contribution >= 0.6 is 11.3 Å². The van der Waals surface area contributed by atoms with Gasteiger partial charge >= 0.3 is 0 Å². The van der Waals surface area contributed by atoms with Crippen molar-refractivity contribution in [2.75, 3.05) is 11.5 Å². The molecule has 0 amide bonds. The Morgan fingerprint density at radius 1 is 1.32 bits per heavy atom. The van der Waals surface area contributed by atoms with Crippen LogP contribution in [0.1, 0.15) is 29.5 Å². The summed E-state index contributed by atoms with van der Waals surface area (Å²) < 4.78 is 26.5. The number of thiazole rings is 1. The van der Waals surface area contributed by atoms with E-state index in [4.69, 9.17) is 0 Å². The van der Waals surface area contributed by atoms with Gasteiger partial charge in [0, 0.05) is 11.8 Å². The Kier molecular flexibility index (Phi) is 3.81. The minimum Gasteiger partial charge on any atom is -0.265 e. The van der Waals surface area contributed by atoms with Gasteiger partial charge in [-0.1, -0.05) is 6.07 Å². The summed E-state index contributed by atoms with van der Waals surface area (Å²) in [4.78, 5) is 4.63. The van der Waals surface area contributed by atoms with Crippen LogP contribution in [0.3, 0.4) is 0 Å². The monoisotopic (exact) mass is 373 g/mol. The first-order chi connectivity index (χ1) is 11.8. The van der Waals surface area contributed by atoms with Crippen LogP contribution in [-0.4, -0.2) is 34.7 Å². The predicted molar refractivity (Wildman–Crippen MR) is 102 cm³/mol. The molecular formula is C18H19N3O2S2. The van der Waals surface area contributed by atoms with Crippen molar-refractivity contribution in [3.05, 3.63) is 46.7 Å². The molecule has 1 aromatic carbocycles. The van der Waals surface area contributed by atoms with Gasteiger partial charge in [-0.15, -0.1) is 11.3 Å². The van der Waals surface area contributed by atoms with Gasteiger partial charge in [0.1, 0.15) is 5.01 Å². The molecule has 0 aliphatic carbocycles. The van der Waals surface area contributed by atoms with E-state index < -0.39 is 15.4 Å². The standard InChI is InChI=1S/C18H19N3O2S2/c1-13-3-5-16-15(9-13)20-17(24-16)6-4-14-10-19-21(11-14)18(2)7-8-25(22,23)12-18/h3-6,9-11H,7-8,12H2,1-2H3. The van der Waals surface area contributed by atoms with Crippen LogP contribution in [-0.2, 0) is 15.4 Å². The largest absolute Gasteiger partial charge is 0.265 e. The van der Waals surface area contributed by atoms with Gasteiger partial charge in [-0.25, -0.2) is 13.4 Å². The fraction of sp³-hybridized carbons (Fsp3) is 0.333. The summed E-state index contributed by atoms with van der Waals surface area (Å²) in [6, 6.07) is 6.27. The van der Waals surface area contributed by atoms with Gasteiger partial charge in [0.05, 0.1) is 33.5 Å². The third kappa shape index (κ3) is 3.26. The Hall–Kier alpha value is -1.99. The van der Waals surface area contributed by atoms with E-state index in [0.717, 1.165) is 16.1 Å². The van der Waals surface area contributed by atoms with Crippen LogP contribution < -0.4 is 0 Å². The van der Waals surface area contributed by atoms with Crippen LogP contribution in [0.5, 0.6) is 0 Å². The zero-order valence-electron chi connectivity index (χ0n) is 14.1. The van der Waals surface area contributed by atoms with E-state index in [-0.39, 0.29) is 11.5 Å². The lowest BCUT2D eigenvalue weighted by Gasteiger charge is -2.22. The van der Waals surface area contributed by atoms with Crippen molar-refractivity contribution in [2.24, 2.45) is 0 Å². The molecule has 130 valence electrons. The van der Waals surface area contributed by atoms with Gasteiger partial charge in [0.2, 0.25) is 0 Å². The Morgan fingerprint density at radius 2 is 2.16 bits per heavy atom. The second-order valence-electron chi connectivity index (χ2n) is 6.91. The predicted octanol–water partition coefficient (Wildman–Crippen LogP) is 3.51. The second-order valence-corrected chi connectivity index (χ2v) is 10.2. The molecule has 0 N–H and O–H groups in total. The summed E-state index contributed by atoms with van der Waals surface area (Å²) in [5, 5.41) is 5.33. The lowest BCUT2D eigenvalue weighted by atomic mass is 10.0. The molecule has 2 aromatic heterocycles. The third-order valence-electron chi connectivity index (χ3n) is 4.62. The number of fused-ring (bicyclic) bond motifs is 1. The molecule has 1 aliphatic heterocycles. The molecule has 3 heterocycles. The minimum atomic E-state index is -2.95. The number of rotatable bonds is 3. The molecule has 4 rings (SSSR count). The van der Waals surface area contributed by atoms with Crippen LogP contribution in [0.2, 0.25) is 0 Å². The second kappa shape index (κ2) is 5.78. The Labute approximate surface area is 150 Å². The maximum Gasteiger partial charge on any atom is 0.152 e. The lowest BCUT2D eigenvalue weighted by molar-refractivity contribution is 0.328. The number of hydrogen-bond donors (Lipinski definition) is 0. The zero-order chi connectivity index (χ0) is 17.7. The van der Waals surface area contributed by atoms with Crippen molar-refractivity contribution in [3.8, 4) is 0 Å². The molecule has 3 aromatic rings. The smallest absolute Gasteiger partial charge is 0.152 e. The molecular weight excluding hydrogens is 354 g/mol. The number of aromatic nitrogens is 3. The average Bonchev–Trinajstić information content (AvgIpc) is 3.22. The number of sulfone groups is 1. The first-order valence-electron chi connectivity index (χ1n) is 8.14. The SMILES string of the molecule is Cc1ccc2sc(C=Cc3cnn(C4(C)CCS(=O)(=O)C4)c3)nc2c1. The topological polar surface area (TPSA) is 64.8 Å². The van der Waals surface area contributed by atoms with Crippen molar-refractivity contribution in [1.82, 2.24) is 14.8 Å². The highest BCUT2D eigenvalue weighted by molar-refractivity contribution is 7.91. The number of nitrogens with zero attached hydrogens (tertiary/aromatic N) is 3. The molecule has 0 radical (unpaired) electrons. The fourth-order valence-electron chi connectivity index (χ4n) is 3.19. The van der Waals surface area contributed by atoms with Gasteiger partial charge in [0.15, 0.2) is 9.84 Å². The first-order valence-corrected chi connectivity index (χ1v) is 10.8. The molecule has 5 nitrogen and oxygen atoms in total. The summed E-state index contributed by atoms with van der Waals surface area (Å²) in [6.07, 6.45) is 8.24. The van der Waals surface area contributed by atoms with Crippen LogP contribution in [0.15, 0.2) is 30.6 Å². The molecule has 1 unspecified atom stereocenters. The fourth-order valence-corrected chi connectivity index (χ4v) is 6.16. The maximum atomic E-state index is 11.8. The van der Waals surface area contributed by atoms with E-state index in [0.29, 0.717) is 6.42 Å². The summed E-state index contributed by atoms with van der Waals surface area (Å²) in [7, 11) is -2.95. The summed E-state index contributed by atoms with van der Waals surface area (Å²) in [5.74, 6) is 0.391. The highest BCUT2D eigenvalue weighted by atomic mass is 32.2. The van der Waals surface area contributed by atoms with Crippen molar-refractivity contribution in [3.63, 3.8) is 0 Å². The van der Waals surface area contributed by atoms with Crippen molar-refractivity contribution in [2.45, 2.75) is 25.8 Å².